The van der Waals surface area contributed by atoms with Gasteiger partial charge >= 0.3 is 0 Å². The molecule has 0 radical (unpaired) electrons. The van der Waals surface area contributed by atoms with Crippen LogP contribution in [0, 0.1) is 11.3 Å². The molecule has 1 rings (SSSR count). The molecule has 50 valence electrons. The number of nitrogens with one attached hydrogen (secondary N) is 1. The molecule has 10 heavy (non-hydrogen) atoms. The highest BCUT2D eigenvalue weighted by Crippen LogP contribution is 1.92. The van der Waals surface area contributed by atoms with Crippen molar-refractivity contribution in [1.82, 2.24) is 4.98 Å². The SMILES string of the molecule is N#Cc1cc(=O)cc(N)[nH]1. The molecule has 1 aromatic heterocycles. The van der Waals surface area contributed by atoms with Crippen molar-refractivity contribution < 1.29 is 0 Å². The molecule has 1 aromatic rings. The van der Waals surface area contributed by atoms with Crippen LogP contribution < -0.4 is 11.2 Å². The Morgan fingerprint density at radius 2 is 2.30 bits per heavy atom. The van der Waals surface area contributed by atoms with Gasteiger partial charge in [-0.05, 0) is 0 Å². The number of rotatable bonds is 0. The number of H-pyrrole nitrogens is 1. The molecular weight excluding hydrogens is 130 g/mol. The molecule has 0 fully saturated rings. The number of aromatic nitrogens is 1. The van der Waals surface area contributed by atoms with Crippen molar-refractivity contribution in [2.75, 3.05) is 5.73 Å². The minimum atomic E-state index is -0.257. The van der Waals surface area contributed by atoms with Gasteiger partial charge in [0.15, 0.2) is 5.43 Å². The highest BCUT2D eigenvalue weighted by atomic mass is 16.1. The predicted molar refractivity (Wildman–Crippen MR) is 36.2 cm³/mol. The van der Waals surface area contributed by atoms with Crippen molar-refractivity contribution in [3.63, 3.8) is 0 Å². The number of nitrogen functional groups attached to an aromatic ring is 1. The van der Waals surface area contributed by atoms with Gasteiger partial charge in [0, 0.05) is 12.1 Å². The molecule has 3 N–H and O–H groups in total. The molecule has 0 atom stereocenters. The topological polar surface area (TPSA) is 82.7 Å². The van der Waals surface area contributed by atoms with E-state index in [1.54, 1.807) is 6.07 Å². The summed E-state index contributed by atoms with van der Waals surface area (Å²) in [6, 6.07) is 4.19. The standard InChI is InChI=1S/C6H5N3O/c7-3-4-1-5(10)2-6(8)9-4/h1-2H,(H3,8,9,10). The van der Waals surface area contributed by atoms with Gasteiger partial charge in [0.1, 0.15) is 17.6 Å². The Labute approximate surface area is 56.9 Å². The Balaban J connectivity index is 3.36. The van der Waals surface area contributed by atoms with Crippen molar-refractivity contribution in [3.05, 3.63) is 28.0 Å². The molecule has 0 aliphatic rings. The summed E-state index contributed by atoms with van der Waals surface area (Å²) in [5.41, 5.74) is 5.16. The van der Waals surface area contributed by atoms with Crippen LogP contribution in [0.1, 0.15) is 5.69 Å². The predicted octanol–water partition coefficient (Wildman–Crippen LogP) is -0.171. The third kappa shape index (κ3) is 1.14. The second-order valence-corrected chi connectivity index (χ2v) is 1.80. The zero-order chi connectivity index (χ0) is 7.56. The number of pyridine rings is 1. The number of nitrogens with zero attached hydrogens (tertiary/aromatic N) is 1. The van der Waals surface area contributed by atoms with Gasteiger partial charge in [-0.3, -0.25) is 4.79 Å². The Morgan fingerprint density at radius 1 is 1.60 bits per heavy atom. The molecule has 0 spiro atoms. The number of anilines is 1. The average molecular weight is 135 g/mol. The van der Waals surface area contributed by atoms with Gasteiger partial charge in [0.25, 0.3) is 0 Å². The van der Waals surface area contributed by atoms with E-state index in [2.05, 4.69) is 4.98 Å². The summed E-state index contributed by atoms with van der Waals surface area (Å²) in [6.07, 6.45) is 0. The Bertz CT molecular complexity index is 334. The first-order valence-electron chi connectivity index (χ1n) is 2.62. The summed E-state index contributed by atoms with van der Waals surface area (Å²) < 4.78 is 0. The van der Waals surface area contributed by atoms with Crippen LogP contribution in [-0.2, 0) is 0 Å². The van der Waals surface area contributed by atoms with E-state index in [4.69, 9.17) is 11.0 Å². The van der Waals surface area contributed by atoms with Crippen LogP contribution in [0.25, 0.3) is 0 Å². The molecule has 0 saturated heterocycles. The molecule has 0 unspecified atom stereocenters. The highest BCUT2D eigenvalue weighted by Gasteiger charge is 1.92. The zero-order valence-electron chi connectivity index (χ0n) is 5.09. The fraction of sp³-hybridized carbons (Fsp3) is 0. The van der Waals surface area contributed by atoms with Gasteiger partial charge in [-0.25, -0.2) is 0 Å². The normalized spacial score (nSPS) is 8.70. The van der Waals surface area contributed by atoms with Crippen LogP contribution in [0.15, 0.2) is 16.9 Å². The van der Waals surface area contributed by atoms with E-state index in [1.165, 1.54) is 12.1 Å². The minimum absolute atomic E-state index is 0.185. The van der Waals surface area contributed by atoms with Crippen molar-refractivity contribution in [3.8, 4) is 6.07 Å². The first kappa shape index (κ1) is 6.36. The van der Waals surface area contributed by atoms with Crippen molar-refractivity contribution in [2.45, 2.75) is 0 Å². The second-order valence-electron chi connectivity index (χ2n) is 1.80. The van der Waals surface area contributed by atoms with E-state index in [-0.39, 0.29) is 16.9 Å². The molecule has 0 saturated carbocycles. The smallest absolute Gasteiger partial charge is 0.185 e. The summed E-state index contributed by atoms with van der Waals surface area (Å²) in [7, 11) is 0. The molecule has 1 heterocycles. The fourth-order valence-corrected chi connectivity index (χ4v) is 0.625. The van der Waals surface area contributed by atoms with Gasteiger partial charge in [-0.2, -0.15) is 5.26 Å². The van der Waals surface area contributed by atoms with Gasteiger partial charge in [0.2, 0.25) is 0 Å². The molecule has 0 aliphatic heterocycles. The lowest BCUT2D eigenvalue weighted by atomic mass is 10.3. The first-order chi connectivity index (χ1) is 4.72. The van der Waals surface area contributed by atoms with Gasteiger partial charge in [-0.15, -0.1) is 0 Å². The van der Waals surface area contributed by atoms with Gasteiger partial charge in [-0.1, -0.05) is 0 Å². The number of aromatic amines is 1. The van der Waals surface area contributed by atoms with Crippen LogP contribution in [0.5, 0.6) is 0 Å². The Morgan fingerprint density at radius 3 is 2.80 bits per heavy atom. The number of hydrogen-bond donors (Lipinski definition) is 2. The summed E-state index contributed by atoms with van der Waals surface area (Å²) >= 11 is 0. The summed E-state index contributed by atoms with van der Waals surface area (Å²) in [5, 5.41) is 8.31. The van der Waals surface area contributed by atoms with Crippen LogP contribution in [0.4, 0.5) is 5.82 Å². The summed E-state index contributed by atoms with van der Waals surface area (Å²) in [4.78, 5) is 13.1. The lowest BCUT2D eigenvalue weighted by molar-refractivity contribution is 1.25. The van der Waals surface area contributed by atoms with Crippen molar-refractivity contribution in [2.24, 2.45) is 0 Å². The first-order valence-corrected chi connectivity index (χ1v) is 2.62. The maximum atomic E-state index is 10.6. The van der Waals surface area contributed by atoms with Gasteiger partial charge in [0.05, 0.1) is 0 Å². The van der Waals surface area contributed by atoms with E-state index in [0.29, 0.717) is 0 Å². The highest BCUT2D eigenvalue weighted by molar-refractivity contribution is 5.33. The maximum absolute atomic E-state index is 10.6. The lowest BCUT2D eigenvalue weighted by Gasteiger charge is -1.90. The molecule has 4 nitrogen and oxygen atoms in total. The second kappa shape index (κ2) is 2.23. The fourth-order valence-electron chi connectivity index (χ4n) is 0.625. The van der Waals surface area contributed by atoms with Gasteiger partial charge < -0.3 is 10.7 Å². The zero-order valence-corrected chi connectivity index (χ0v) is 5.09. The van der Waals surface area contributed by atoms with E-state index in [1.807, 2.05) is 0 Å². The van der Waals surface area contributed by atoms with E-state index < -0.39 is 0 Å². The average Bonchev–Trinajstić information content (AvgIpc) is 1.85. The van der Waals surface area contributed by atoms with Crippen LogP contribution in [-0.4, -0.2) is 4.98 Å². The lowest BCUT2D eigenvalue weighted by Crippen LogP contribution is -2.03. The molecule has 0 aliphatic carbocycles. The molecule has 0 aromatic carbocycles. The van der Waals surface area contributed by atoms with Crippen LogP contribution in [0.3, 0.4) is 0 Å². The van der Waals surface area contributed by atoms with Crippen molar-refractivity contribution in [1.29, 1.82) is 5.26 Å². The summed E-state index contributed by atoms with van der Waals surface area (Å²) in [5.74, 6) is 0.212. The minimum Gasteiger partial charge on any atom is -0.385 e. The monoisotopic (exact) mass is 135 g/mol. The van der Waals surface area contributed by atoms with E-state index in [0.717, 1.165) is 0 Å². The Hall–Kier alpha value is -1.76. The molecular formula is C6H5N3O. The quantitative estimate of drug-likeness (QED) is 0.518. The summed E-state index contributed by atoms with van der Waals surface area (Å²) in [6.45, 7) is 0. The maximum Gasteiger partial charge on any atom is 0.185 e. The third-order valence-corrected chi connectivity index (χ3v) is 0.984. The molecule has 4 heteroatoms. The van der Waals surface area contributed by atoms with E-state index in [9.17, 15) is 4.79 Å². The van der Waals surface area contributed by atoms with E-state index >= 15 is 0 Å². The molecule has 0 bridgehead atoms. The largest absolute Gasteiger partial charge is 0.385 e. The number of nitriles is 1. The molecule has 0 amide bonds. The third-order valence-electron chi connectivity index (χ3n) is 0.984. The number of hydrogen-bond acceptors (Lipinski definition) is 3. The number of nitrogens with two attached hydrogens (primary N) is 1. The van der Waals surface area contributed by atoms with Crippen LogP contribution >= 0.6 is 0 Å². The van der Waals surface area contributed by atoms with Crippen LogP contribution in [0.2, 0.25) is 0 Å². The van der Waals surface area contributed by atoms with Crippen molar-refractivity contribution >= 4 is 5.82 Å². The Kier molecular flexibility index (Phi) is 1.42.